The predicted molar refractivity (Wildman–Crippen MR) is 112 cm³/mol. The minimum atomic E-state index is -0.433. The standard InChI is InChI=1S/C21H17ClFN5O2/c22-14-4-1-6-16(12-14)24-19(29)9-3-8-18-25-26-20-21(30)27(10-11-28(18)20)17-7-2-5-15(23)13-17/h1-2,4-7,10-13H,3,8-9H2,(H,24,29). The molecule has 0 saturated carbocycles. The van der Waals surface area contributed by atoms with Crippen LogP contribution < -0.4 is 10.9 Å². The molecule has 2 heterocycles. The molecule has 7 nitrogen and oxygen atoms in total. The van der Waals surface area contributed by atoms with E-state index in [1.807, 2.05) is 0 Å². The molecule has 4 rings (SSSR count). The van der Waals surface area contributed by atoms with Crippen molar-refractivity contribution in [2.24, 2.45) is 0 Å². The van der Waals surface area contributed by atoms with Gasteiger partial charge in [-0.15, -0.1) is 10.2 Å². The van der Waals surface area contributed by atoms with Crippen LogP contribution >= 0.6 is 11.6 Å². The lowest BCUT2D eigenvalue weighted by Crippen LogP contribution is -2.20. The molecule has 152 valence electrons. The molecule has 0 aliphatic rings. The average molecular weight is 426 g/mol. The van der Waals surface area contributed by atoms with Gasteiger partial charge in [0.1, 0.15) is 11.6 Å². The number of halogens is 2. The van der Waals surface area contributed by atoms with Crippen LogP contribution in [0.15, 0.2) is 65.7 Å². The summed E-state index contributed by atoms with van der Waals surface area (Å²) in [4.78, 5) is 24.8. The van der Waals surface area contributed by atoms with Gasteiger partial charge < -0.3 is 5.32 Å². The number of hydrogen-bond acceptors (Lipinski definition) is 4. The number of benzene rings is 2. The van der Waals surface area contributed by atoms with E-state index in [1.54, 1.807) is 47.1 Å². The fourth-order valence-electron chi connectivity index (χ4n) is 3.13. The third-order valence-corrected chi connectivity index (χ3v) is 4.78. The molecule has 0 unspecified atom stereocenters. The molecular formula is C21H17ClFN5O2. The number of carbonyl (C=O) groups is 1. The highest BCUT2D eigenvalue weighted by Gasteiger charge is 2.12. The zero-order valence-electron chi connectivity index (χ0n) is 15.8. The van der Waals surface area contributed by atoms with Crippen LogP contribution in [0.3, 0.4) is 0 Å². The van der Waals surface area contributed by atoms with Crippen LogP contribution in [0, 0.1) is 5.82 Å². The van der Waals surface area contributed by atoms with Crippen molar-refractivity contribution >= 4 is 28.8 Å². The lowest BCUT2D eigenvalue weighted by Gasteiger charge is -2.07. The highest BCUT2D eigenvalue weighted by atomic mass is 35.5. The summed E-state index contributed by atoms with van der Waals surface area (Å²) in [5.41, 5.74) is 0.781. The average Bonchev–Trinajstić information content (AvgIpc) is 3.12. The maximum atomic E-state index is 13.5. The molecule has 1 amide bonds. The van der Waals surface area contributed by atoms with Crippen molar-refractivity contribution in [3.63, 3.8) is 0 Å². The predicted octanol–water partition coefficient (Wildman–Crippen LogP) is 3.63. The Bertz CT molecular complexity index is 1280. The Hall–Kier alpha value is -3.52. The second-order valence-corrected chi connectivity index (χ2v) is 7.11. The lowest BCUT2D eigenvalue weighted by molar-refractivity contribution is -0.116. The van der Waals surface area contributed by atoms with Crippen molar-refractivity contribution in [2.75, 3.05) is 5.32 Å². The third-order valence-electron chi connectivity index (χ3n) is 4.54. The number of carbonyl (C=O) groups excluding carboxylic acids is 1. The SMILES string of the molecule is O=C(CCCc1nnc2c(=O)n(-c3cccc(F)c3)ccn12)Nc1cccc(Cl)c1. The molecular weight excluding hydrogens is 409 g/mol. The van der Waals surface area contributed by atoms with E-state index in [2.05, 4.69) is 15.5 Å². The van der Waals surface area contributed by atoms with Crippen LogP contribution in [0.4, 0.5) is 10.1 Å². The number of anilines is 1. The molecule has 0 bridgehead atoms. The van der Waals surface area contributed by atoms with Gasteiger partial charge in [-0.2, -0.15) is 0 Å². The van der Waals surface area contributed by atoms with Crippen molar-refractivity contribution in [1.82, 2.24) is 19.2 Å². The van der Waals surface area contributed by atoms with E-state index in [0.717, 1.165) is 0 Å². The maximum absolute atomic E-state index is 13.5. The smallest absolute Gasteiger partial charge is 0.300 e. The molecule has 1 N–H and O–H groups in total. The zero-order chi connectivity index (χ0) is 21.1. The second-order valence-electron chi connectivity index (χ2n) is 6.68. The minimum absolute atomic E-state index is 0.139. The van der Waals surface area contributed by atoms with Gasteiger partial charge in [0.05, 0.1) is 5.69 Å². The summed E-state index contributed by atoms with van der Waals surface area (Å²) >= 11 is 5.91. The van der Waals surface area contributed by atoms with E-state index in [9.17, 15) is 14.0 Å². The van der Waals surface area contributed by atoms with Crippen molar-refractivity contribution in [2.45, 2.75) is 19.3 Å². The van der Waals surface area contributed by atoms with E-state index < -0.39 is 11.4 Å². The van der Waals surface area contributed by atoms with Gasteiger partial charge in [-0.25, -0.2) is 4.39 Å². The fraction of sp³-hybridized carbons (Fsp3) is 0.143. The van der Waals surface area contributed by atoms with Gasteiger partial charge >= 0.3 is 5.56 Å². The Balaban J connectivity index is 1.45. The van der Waals surface area contributed by atoms with E-state index in [4.69, 9.17) is 11.6 Å². The van der Waals surface area contributed by atoms with Crippen LogP contribution in [0.25, 0.3) is 11.3 Å². The molecule has 9 heteroatoms. The second kappa shape index (κ2) is 8.46. The highest BCUT2D eigenvalue weighted by molar-refractivity contribution is 6.30. The Morgan fingerprint density at radius 3 is 2.73 bits per heavy atom. The summed E-state index contributed by atoms with van der Waals surface area (Å²) in [6, 6.07) is 12.7. The van der Waals surface area contributed by atoms with Crippen LogP contribution in [-0.2, 0) is 11.2 Å². The summed E-state index contributed by atoms with van der Waals surface area (Å²) in [6.07, 6.45) is 4.47. The van der Waals surface area contributed by atoms with Gasteiger partial charge in [0.25, 0.3) is 0 Å². The van der Waals surface area contributed by atoms with Crippen LogP contribution in [-0.4, -0.2) is 25.1 Å². The van der Waals surface area contributed by atoms with E-state index in [-0.39, 0.29) is 18.0 Å². The Morgan fingerprint density at radius 2 is 1.93 bits per heavy atom. The molecule has 30 heavy (non-hydrogen) atoms. The van der Waals surface area contributed by atoms with E-state index >= 15 is 0 Å². The number of nitrogens with one attached hydrogen (secondary N) is 1. The van der Waals surface area contributed by atoms with Crippen LogP contribution in [0.1, 0.15) is 18.7 Å². The number of rotatable bonds is 6. The number of hydrogen-bond donors (Lipinski definition) is 1. The first kappa shape index (κ1) is 19.8. The van der Waals surface area contributed by atoms with Crippen LogP contribution in [0.5, 0.6) is 0 Å². The van der Waals surface area contributed by atoms with E-state index in [0.29, 0.717) is 35.1 Å². The summed E-state index contributed by atoms with van der Waals surface area (Å²) < 4.78 is 16.4. The Kier molecular flexibility index (Phi) is 5.58. The molecule has 2 aromatic carbocycles. The third kappa shape index (κ3) is 4.23. The van der Waals surface area contributed by atoms with Gasteiger partial charge in [-0.05, 0) is 42.8 Å². The maximum Gasteiger partial charge on any atom is 0.300 e. The van der Waals surface area contributed by atoms with Crippen LogP contribution in [0.2, 0.25) is 5.02 Å². The van der Waals surface area contributed by atoms with Crippen molar-refractivity contribution in [1.29, 1.82) is 0 Å². The van der Waals surface area contributed by atoms with Gasteiger partial charge in [0.2, 0.25) is 11.6 Å². The molecule has 0 saturated heterocycles. The first-order chi connectivity index (χ1) is 14.5. The molecule has 0 radical (unpaired) electrons. The van der Waals surface area contributed by atoms with Gasteiger partial charge in [-0.1, -0.05) is 23.7 Å². The van der Waals surface area contributed by atoms with Crippen molar-refractivity contribution < 1.29 is 9.18 Å². The first-order valence-electron chi connectivity index (χ1n) is 9.28. The normalized spacial score (nSPS) is 11.0. The molecule has 0 atom stereocenters. The summed E-state index contributed by atoms with van der Waals surface area (Å²) in [7, 11) is 0. The molecule has 0 aliphatic carbocycles. The van der Waals surface area contributed by atoms with Crippen molar-refractivity contribution in [3.05, 3.63) is 87.9 Å². The molecule has 0 spiro atoms. The zero-order valence-corrected chi connectivity index (χ0v) is 16.5. The first-order valence-corrected chi connectivity index (χ1v) is 9.66. The van der Waals surface area contributed by atoms with Gasteiger partial charge in [-0.3, -0.25) is 18.6 Å². The Labute approximate surface area is 175 Å². The Morgan fingerprint density at radius 1 is 1.10 bits per heavy atom. The quantitative estimate of drug-likeness (QED) is 0.511. The summed E-state index contributed by atoms with van der Waals surface area (Å²) in [5, 5.41) is 11.4. The molecule has 4 aromatic rings. The number of aromatic nitrogens is 4. The molecule has 0 fully saturated rings. The van der Waals surface area contributed by atoms with Crippen molar-refractivity contribution in [3.8, 4) is 5.69 Å². The van der Waals surface area contributed by atoms with Gasteiger partial charge in [0.15, 0.2) is 0 Å². The number of amides is 1. The fourth-order valence-corrected chi connectivity index (χ4v) is 3.32. The van der Waals surface area contributed by atoms with Gasteiger partial charge in [0, 0.05) is 35.9 Å². The monoisotopic (exact) mass is 425 g/mol. The largest absolute Gasteiger partial charge is 0.326 e. The summed E-state index contributed by atoms with van der Waals surface area (Å²) in [6.45, 7) is 0. The molecule has 0 aliphatic heterocycles. The number of aryl methyl sites for hydroxylation is 1. The summed E-state index contributed by atoms with van der Waals surface area (Å²) in [5.74, 6) is 0.000996. The molecule has 2 aromatic heterocycles. The highest BCUT2D eigenvalue weighted by Crippen LogP contribution is 2.15. The minimum Gasteiger partial charge on any atom is -0.326 e. The van der Waals surface area contributed by atoms with E-state index in [1.165, 1.54) is 22.8 Å². The number of fused-ring (bicyclic) bond motifs is 1. The lowest BCUT2D eigenvalue weighted by atomic mass is 10.2. The number of nitrogens with zero attached hydrogens (tertiary/aromatic N) is 4. The topological polar surface area (TPSA) is 81.3 Å².